The van der Waals surface area contributed by atoms with Gasteiger partial charge >= 0.3 is 0 Å². The summed E-state index contributed by atoms with van der Waals surface area (Å²) in [7, 11) is 0. The zero-order chi connectivity index (χ0) is 19.4. The second kappa shape index (κ2) is 11.8. The monoisotopic (exact) mass is 346 g/mol. The van der Waals surface area contributed by atoms with Gasteiger partial charge in [-0.1, -0.05) is 81.1 Å². The zero-order valence-corrected chi connectivity index (χ0v) is 16.6. The Kier molecular flexibility index (Phi) is 9.63. The maximum atomic E-state index is 4.89. The lowest BCUT2D eigenvalue weighted by Crippen LogP contribution is -2.04. The molecule has 2 nitrogen and oxygen atoms in total. The van der Waals surface area contributed by atoms with Crippen molar-refractivity contribution in [2.24, 2.45) is 15.9 Å². The lowest BCUT2D eigenvalue weighted by atomic mass is 10.1. The van der Waals surface area contributed by atoms with Gasteiger partial charge in [0.2, 0.25) is 0 Å². The van der Waals surface area contributed by atoms with Gasteiger partial charge in [0.05, 0.1) is 11.4 Å². The van der Waals surface area contributed by atoms with Crippen LogP contribution in [0.3, 0.4) is 0 Å². The first-order valence-electron chi connectivity index (χ1n) is 8.97. The molecule has 1 aromatic carbocycles. The third-order valence-corrected chi connectivity index (χ3v) is 3.60. The minimum Gasteiger partial charge on any atom is -0.255 e. The molecular formula is C24H30N2. The SMILES string of the molecule is C=CN=C(/C=C\C)\C(N=C(C)c1ccccc1)=C(C)/C=C\C=C/C(C)C. The highest BCUT2D eigenvalue weighted by Crippen LogP contribution is 2.15. The van der Waals surface area contributed by atoms with Crippen LogP contribution in [0.5, 0.6) is 0 Å². The lowest BCUT2D eigenvalue weighted by Gasteiger charge is -2.08. The van der Waals surface area contributed by atoms with Crippen LogP contribution in [0.15, 0.2) is 101 Å². The van der Waals surface area contributed by atoms with E-state index in [4.69, 9.17) is 4.99 Å². The van der Waals surface area contributed by atoms with Gasteiger partial charge in [0, 0.05) is 11.9 Å². The molecule has 2 heteroatoms. The van der Waals surface area contributed by atoms with Crippen molar-refractivity contribution in [1.82, 2.24) is 0 Å². The summed E-state index contributed by atoms with van der Waals surface area (Å²) in [6.07, 6.45) is 13.8. The van der Waals surface area contributed by atoms with E-state index in [-0.39, 0.29) is 0 Å². The Bertz CT molecular complexity index is 755. The fraction of sp³-hybridized carbons (Fsp3) is 0.250. The number of hydrogen-bond acceptors (Lipinski definition) is 2. The molecule has 0 spiro atoms. The number of aliphatic imine (C=N–C) groups is 2. The quantitative estimate of drug-likeness (QED) is 0.369. The van der Waals surface area contributed by atoms with Gasteiger partial charge in [-0.3, -0.25) is 9.98 Å². The number of hydrogen-bond donors (Lipinski definition) is 0. The Balaban J connectivity index is 3.40. The Labute approximate surface area is 158 Å². The van der Waals surface area contributed by atoms with E-state index in [1.807, 2.05) is 50.3 Å². The minimum absolute atomic E-state index is 0.530. The molecule has 0 heterocycles. The minimum atomic E-state index is 0.530. The van der Waals surface area contributed by atoms with Crippen molar-refractivity contribution >= 4 is 11.4 Å². The highest BCUT2D eigenvalue weighted by molar-refractivity contribution is 6.12. The van der Waals surface area contributed by atoms with E-state index >= 15 is 0 Å². The van der Waals surface area contributed by atoms with E-state index < -0.39 is 0 Å². The average molecular weight is 347 g/mol. The molecule has 0 saturated carbocycles. The van der Waals surface area contributed by atoms with Crippen molar-refractivity contribution in [2.45, 2.75) is 34.6 Å². The predicted octanol–water partition coefficient (Wildman–Crippen LogP) is 6.70. The van der Waals surface area contributed by atoms with Gasteiger partial charge in [-0.05, 0) is 43.9 Å². The van der Waals surface area contributed by atoms with Crippen molar-refractivity contribution < 1.29 is 0 Å². The number of benzene rings is 1. The normalized spacial score (nSPS) is 14.7. The first-order chi connectivity index (χ1) is 12.5. The Morgan fingerprint density at radius 1 is 1.04 bits per heavy atom. The van der Waals surface area contributed by atoms with Gasteiger partial charge in [-0.25, -0.2) is 0 Å². The Morgan fingerprint density at radius 2 is 1.73 bits per heavy atom. The van der Waals surface area contributed by atoms with Crippen LogP contribution in [0.2, 0.25) is 0 Å². The highest BCUT2D eigenvalue weighted by atomic mass is 14.8. The first kappa shape index (κ1) is 21.3. The molecular weight excluding hydrogens is 316 g/mol. The van der Waals surface area contributed by atoms with Crippen LogP contribution >= 0.6 is 0 Å². The molecule has 136 valence electrons. The lowest BCUT2D eigenvalue weighted by molar-refractivity contribution is 0.832. The molecule has 0 aromatic heterocycles. The third-order valence-electron chi connectivity index (χ3n) is 3.60. The topological polar surface area (TPSA) is 24.7 Å². The summed E-state index contributed by atoms with van der Waals surface area (Å²) in [6, 6.07) is 10.2. The fourth-order valence-corrected chi connectivity index (χ4v) is 2.26. The van der Waals surface area contributed by atoms with E-state index in [1.165, 1.54) is 0 Å². The van der Waals surface area contributed by atoms with Crippen molar-refractivity contribution in [1.29, 1.82) is 0 Å². The van der Waals surface area contributed by atoms with Gasteiger partial charge in [-0.2, -0.15) is 0 Å². The molecule has 26 heavy (non-hydrogen) atoms. The van der Waals surface area contributed by atoms with E-state index in [0.29, 0.717) is 5.92 Å². The average Bonchev–Trinajstić information content (AvgIpc) is 2.63. The smallest absolute Gasteiger partial charge is 0.0918 e. The molecule has 0 aliphatic heterocycles. The summed E-state index contributed by atoms with van der Waals surface area (Å²) < 4.78 is 0. The van der Waals surface area contributed by atoms with Crippen molar-refractivity contribution in [2.75, 3.05) is 0 Å². The predicted molar refractivity (Wildman–Crippen MR) is 117 cm³/mol. The molecule has 0 aliphatic rings. The Hall–Kier alpha value is -2.74. The number of allylic oxidation sites excluding steroid dienone is 7. The van der Waals surface area contributed by atoms with Gasteiger partial charge in [0.15, 0.2) is 0 Å². The van der Waals surface area contributed by atoms with Gasteiger partial charge < -0.3 is 0 Å². The summed E-state index contributed by atoms with van der Waals surface area (Å²) in [5.41, 5.74) is 4.74. The van der Waals surface area contributed by atoms with Gasteiger partial charge in [-0.15, -0.1) is 0 Å². The number of rotatable bonds is 8. The molecule has 1 rings (SSSR count). The van der Waals surface area contributed by atoms with Crippen molar-refractivity contribution in [3.05, 3.63) is 96.4 Å². The third kappa shape index (κ3) is 7.43. The second-order valence-electron chi connectivity index (χ2n) is 6.28. The van der Waals surface area contributed by atoms with Crippen LogP contribution in [0.4, 0.5) is 0 Å². The van der Waals surface area contributed by atoms with Gasteiger partial charge in [0.25, 0.3) is 0 Å². The standard InChI is InChI=1S/C24H30N2/c1-7-14-23(25-8-2)24(20(5)16-13-12-15-19(3)4)26-21(6)22-17-10-9-11-18-22/h7-19H,2H2,1,3-6H3/b14-7-,15-12-,16-13-,24-20+,25-23?,26-21?. The molecule has 0 bridgehead atoms. The molecule has 0 saturated heterocycles. The van der Waals surface area contributed by atoms with E-state index in [0.717, 1.165) is 28.3 Å². The summed E-state index contributed by atoms with van der Waals surface area (Å²) in [5.74, 6) is 0.530. The molecule has 0 atom stereocenters. The summed E-state index contributed by atoms with van der Waals surface area (Å²) in [4.78, 5) is 9.30. The second-order valence-corrected chi connectivity index (χ2v) is 6.28. The first-order valence-corrected chi connectivity index (χ1v) is 8.97. The Morgan fingerprint density at radius 3 is 2.31 bits per heavy atom. The van der Waals surface area contributed by atoms with Crippen LogP contribution in [0, 0.1) is 5.92 Å². The van der Waals surface area contributed by atoms with Crippen molar-refractivity contribution in [3.63, 3.8) is 0 Å². The molecule has 1 aromatic rings. The molecule has 0 unspecified atom stereocenters. The van der Waals surface area contributed by atoms with Gasteiger partial charge in [0.1, 0.15) is 0 Å². The van der Waals surface area contributed by atoms with Crippen LogP contribution in [0.1, 0.15) is 40.2 Å². The van der Waals surface area contributed by atoms with Crippen LogP contribution in [0.25, 0.3) is 0 Å². The fourth-order valence-electron chi connectivity index (χ4n) is 2.26. The van der Waals surface area contributed by atoms with Crippen LogP contribution in [-0.2, 0) is 0 Å². The summed E-state index contributed by atoms with van der Waals surface area (Å²) >= 11 is 0. The highest BCUT2D eigenvalue weighted by Gasteiger charge is 2.07. The molecule has 0 N–H and O–H groups in total. The molecule has 0 amide bonds. The van der Waals surface area contributed by atoms with E-state index in [2.05, 4.69) is 62.7 Å². The van der Waals surface area contributed by atoms with Crippen LogP contribution < -0.4 is 0 Å². The summed E-state index contributed by atoms with van der Waals surface area (Å²) in [6.45, 7) is 14.1. The zero-order valence-electron chi connectivity index (χ0n) is 16.6. The van der Waals surface area contributed by atoms with E-state index in [9.17, 15) is 0 Å². The maximum absolute atomic E-state index is 4.89. The molecule has 0 fully saturated rings. The van der Waals surface area contributed by atoms with Crippen LogP contribution in [-0.4, -0.2) is 11.4 Å². The molecule has 0 aliphatic carbocycles. The maximum Gasteiger partial charge on any atom is 0.0918 e. The molecule has 0 radical (unpaired) electrons. The summed E-state index contributed by atoms with van der Waals surface area (Å²) in [5, 5.41) is 0. The largest absolute Gasteiger partial charge is 0.255 e. The van der Waals surface area contributed by atoms with Crippen molar-refractivity contribution in [3.8, 4) is 0 Å². The number of nitrogens with zero attached hydrogens (tertiary/aromatic N) is 2. The van der Waals surface area contributed by atoms with E-state index in [1.54, 1.807) is 6.20 Å².